The fraction of sp³-hybridized carbons (Fsp3) is 0.167. The number of fused-ring (bicyclic) bond motifs is 1. The lowest BCUT2D eigenvalue weighted by molar-refractivity contribution is 1.23. The smallest absolute Gasteiger partial charge is 0.0420 e. The van der Waals surface area contributed by atoms with Gasteiger partial charge in [0.05, 0.1) is 0 Å². The molecule has 0 radical (unpaired) electrons. The topological polar surface area (TPSA) is 12.0 Å². The van der Waals surface area contributed by atoms with Crippen molar-refractivity contribution < 1.29 is 0 Å². The highest BCUT2D eigenvalue weighted by atomic mass is 35.5. The van der Waals surface area contributed by atoms with Crippen LogP contribution in [-0.4, -0.2) is 12.4 Å². The van der Waals surface area contributed by atoms with Gasteiger partial charge in [0, 0.05) is 23.5 Å². The number of alkyl halides is 1. The molecule has 1 N–H and O–H groups in total. The molecule has 2 aromatic rings. The molecule has 0 amide bonds. The molecule has 0 aromatic heterocycles. The van der Waals surface area contributed by atoms with Crippen molar-refractivity contribution >= 4 is 28.1 Å². The van der Waals surface area contributed by atoms with Crippen LogP contribution in [0, 0.1) is 0 Å². The van der Waals surface area contributed by atoms with Crippen LogP contribution in [-0.2, 0) is 0 Å². The van der Waals surface area contributed by atoms with E-state index in [1.165, 1.54) is 10.8 Å². The molecule has 0 aliphatic carbocycles. The van der Waals surface area contributed by atoms with Gasteiger partial charge in [0.1, 0.15) is 0 Å². The van der Waals surface area contributed by atoms with Crippen molar-refractivity contribution in [1.29, 1.82) is 0 Å². The van der Waals surface area contributed by atoms with Gasteiger partial charge in [-0.15, -0.1) is 11.6 Å². The highest BCUT2D eigenvalue weighted by Crippen LogP contribution is 2.22. The molecule has 0 saturated carbocycles. The van der Waals surface area contributed by atoms with Crippen LogP contribution in [0.1, 0.15) is 0 Å². The van der Waals surface area contributed by atoms with Gasteiger partial charge in [0.15, 0.2) is 0 Å². The van der Waals surface area contributed by atoms with E-state index >= 15 is 0 Å². The molecule has 0 atom stereocenters. The lowest BCUT2D eigenvalue weighted by Crippen LogP contribution is -2.02. The Hall–Kier alpha value is -1.21. The minimum atomic E-state index is 0.628. The Balaban J connectivity index is 2.43. The minimum absolute atomic E-state index is 0.628. The molecule has 0 bridgehead atoms. The van der Waals surface area contributed by atoms with Crippen LogP contribution in [0.25, 0.3) is 10.8 Å². The van der Waals surface area contributed by atoms with Crippen LogP contribution in [0.2, 0.25) is 0 Å². The summed E-state index contributed by atoms with van der Waals surface area (Å²) < 4.78 is 0. The SMILES string of the molecule is ClCCNc1cccc2ccccc12. The van der Waals surface area contributed by atoms with Gasteiger partial charge < -0.3 is 5.32 Å². The zero-order valence-corrected chi connectivity index (χ0v) is 8.59. The molecule has 0 fully saturated rings. The zero-order valence-electron chi connectivity index (χ0n) is 7.83. The first-order valence-corrected chi connectivity index (χ1v) is 5.23. The number of benzene rings is 2. The predicted octanol–water partition coefficient (Wildman–Crippen LogP) is 3.49. The van der Waals surface area contributed by atoms with Gasteiger partial charge >= 0.3 is 0 Å². The molecule has 14 heavy (non-hydrogen) atoms. The summed E-state index contributed by atoms with van der Waals surface area (Å²) >= 11 is 5.64. The number of hydrogen-bond donors (Lipinski definition) is 1. The molecule has 2 rings (SSSR count). The Bertz CT molecular complexity index is 420. The molecule has 0 saturated heterocycles. The number of hydrogen-bond acceptors (Lipinski definition) is 1. The van der Waals surface area contributed by atoms with Crippen LogP contribution in [0.4, 0.5) is 5.69 Å². The van der Waals surface area contributed by atoms with Crippen molar-refractivity contribution in [3.63, 3.8) is 0 Å². The molecule has 72 valence electrons. The van der Waals surface area contributed by atoms with Crippen molar-refractivity contribution in [1.82, 2.24) is 0 Å². The summed E-state index contributed by atoms with van der Waals surface area (Å²) in [7, 11) is 0. The molecular weight excluding hydrogens is 194 g/mol. The fourth-order valence-corrected chi connectivity index (χ4v) is 1.66. The van der Waals surface area contributed by atoms with Crippen molar-refractivity contribution in [3.05, 3.63) is 42.5 Å². The first-order chi connectivity index (χ1) is 6.92. The molecule has 0 unspecified atom stereocenters. The molecule has 2 heteroatoms. The largest absolute Gasteiger partial charge is 0.383 e. The van der Waals surface area contributed by atoms with Crippen molar-refractivity contribution in [3.8, 4) is 0 Å². The Kier molecular flexibility index (Phi) is 2.90. The van der Waals surface area contributed by atoms with E-state index in [1.54, 1.807) is 0 Å². The Morgan fingerprint density at radius 1 is 1.00 bits per heavy atom. The van der Waals surface area contributed by atoms with Gasteiger partial charge in [-0.05, 0) is 11.5 Å². The van der Waals surface area contributed by atoms with Crippen LogP contribution >= 0.6 is 11.6 Å². The molecule has 2 aromatic carbocycles. The van der Waals surface area contributed by atoms with Gasteiger partial charge in [-0.25, -0.2) is 0 Å². The second-order valence-electron chi connectivity index (χ2n) is 3.14. The summed E-state index contributed by atoms with van der Waals surface area (Å²) in [5.41, 5.74) is 1.16. The van der Waals surface area contributed by atoms with E-state index < -0.39 is 0 Å². The predicted molar refractivity (Wildman–Crippen MR) is 63.2 cm³/mol. The standard InChI is InChI=1S/C12H12ClN/c13-8-9-14-12-7-3-5-10-4-1-2-6-11(10)12/h1-7,14H,8-9H2. The lowest BCUT2D eigenvalue weighted by atomic mass is 10.1. The molecule has 0 aliphatic rings. The summed E-state index contributed by atoms with van der Waals surface area (Å²) in [5, 5.41) is 5.81. The van der Waals surface area contributed by atoms with Gasteiger partial charge in [-0.3, -0.25) is 0 Å². The third-order valence-electron chi connectivity index (χ3n) is 2.20. The van der Waals surface area contributed by atoms with Gasteiger partial charge in [0.2, 0.25) is 0 Å². The van der Waals surface area contributed by atoms with Crippen LogP contribution in [0.3, 0.4) is 0 Å². The van der Waals surface area contributed by atoms with Crippen LogP contribution in [0.15, 0.2) is 42.5 Å². The maximum absolute atomic E-state index is 5.64. The van der Waals surface area contributed by atoms with E-state index in [-0.39, 0.29) is 0 Å². The second-order valence-corrected chi connectivity index (χ2v) is 3.52. The fourth-order valence-electron chi connectivity index (χ4n) is 1.56. The average molecular weight is 206 g/mol. The van der Waals surface area contributed by atoms with Gasteiger partial charge in [-0.1, -0.05) is 36.4 Å². The summed E-state index contributed by atoms with van der Waals surface area (Å²) in [6, 6.07) is 14.6. The Labute approximate surface area is 88.7 Å². The van der Waals surface area contributed by atoms with Gasteiger partial charge in [-0.2, -0.15) is 0 Å². The Morgan fingerprint density at radius 2 is 1.79 bits per heavy atom. The second kappa shape index (κ2) is 4.34. The van der Waals surface area contributed by atoms with Gasteiger partial charge in [0.25, 0.3) is 0 Å². The lowest BCUT2D eigenvalue weighted by Gasteiger charge is -2.07. The van der Waals surface area contributed by atoms with E-state index in [9.17, 15) is 0 Å². The maximum Gasteiger partial charge on any atom is 0.0420 e. The van der Waals surface area contributed by atoms with Crippen molar-refractivity contribution in [2.75, 3.05) is 17.7 Å². The normalized spacial score (nSPS) is 10.4. The summed E-state index contributed by atoms with van der Waals surface area (Å²) in [5.74, 6) is 0.628. The van der Waals surface area contributed by atoms with Crippen LogP contribution < -0.4 is 5.32 Å². The quantitative estimate of drug-likeness (QED) is 0.757. The summed E-state index contributed by atoms with van der Waals surface area (Å²) in [6.07, 6.45) is 0. The summed E-state index contributed by atoms with van der Waals surface area (Å²) in [4.78, 5) is 0. The van der Waals surface area contributed by atoms with E-state index in [0.29, 0.717) is 5.88 Å². The highest BCUT2D eigenvalue weighted by molar-refractivity contribution is 6.18. The third kappa shape index (κ3) is 1.83. The van der Waals surface area contributed by atoms with E-state index in [4.69, 9.17) is 11.6 Å². The van der Waals surface area contributed by atoms with E-state index in [2.05, 4.69) is 35.6 Å². The number of rotatable bonds is 3. The zero-order chi connectivity index (χ0) is 9.80. The van der Waals surface area contributed by atoms with Crippen molar-refractivity contribution in [2.45, 2.75) is 0 Å². The molecule has 1 nitrogen and oxygen atoms in total. The molecule has 0 spiro atoms. The number of nitrogens with one attached hydrogen (secondary N) is 1. The van der Waals surface area contributed by atoms with Crippen molar-refractivity contribution in [2.24, 2.45) is 0 Å². The monoisotopic (exact) mass is 205 g/mol. The molecule has 0 heterocycles. The average Bonchev–Trinajstić information content (AvgIpc) is 2.26. The number of anilines is 1. The number of halogens is 1. The van der Waals surface area contributed by atoms with E-state index in [0.717, 1.165) is 12.2 Å². The summed E-state index contributed by atoms with van der Waals surface area (Å²) in [6.45, 7) is 0.801. The van der Waals surface area contributed by atoms with Crippen LogP contribution in [0.5, 0.6) is 0 Å². The molecular formula is C12H12ClN. The molecule has 0 aliphatic heterocycles. The third-order valence-corrected chi connectivity index (χ3v) is 2.39. The van der Waals surface area contributed by atoms with E-state index in [1.807, 2.05) is 12.1 Å². The maximum atomic E-state index is 5.64. The Morgan fingerprint density at radius 3 is 2.64 bits per heavy atom. The first-order valence-electron chi connectivity index (χ1n) is 4.69. The first kappa shape index (κ1) is 9.35. The minimum Gasteiger partial charge on any atom is -0.383 e. The highest BCUT2D eigenvalue weighted by Gasteiger charge is 1.97.